The lowest BCUT2D eigenvalue weighted by Gasteiger charge is -2.28. The Morgan fingerprint density at radius 2 is 1.54 bits per heavy atom. The molecular weight excluding hydrogens is 427 g/mol. The number of rotatable bonds is 1. The minimum absolute atomic E-state index is 0.0894. The molecule has 0 bridgehead atoms. The van der Waals surface area contributed by atoms with Crippen LogP contribution < -0.4 is 16.4 Å². The Bertz CT molecular complexity index is 1710. The van der Waals surface area contributed by atoms with Gasteiger partial charge in [0.05, 0.1) is 16.7 Å². The first-order chi connectivity index (χ1) is 16.8. The second kappa shape index (κ2) is 6.69. The van der Waals surface area contributed by atoms with Crippen molar-refractivity contribution in [1.29, 1.82) is 0 Å². The lowest BCUT2D eigenvalue weighted by molar-refractivity contribution is 0.539. The van der Waals surface area contributed by atoms with E-state index in [1.807, 2.05) is 18.2 Å². The molecule has 4 nitrogen and oxygen atoms in total. The van der Waals surface area contributed by atoms with Gasteiger partial charge in [-0.05, 0) is 54.4 Å². The Hall–Kier alpha value is -3.73. The van der Waals surface area contributed by atoms with Crippen LogP contribution >= 0.6 is 0 Å². The summed E-state index contributed by atoms with van der Waals surface area (Å²) < 4.78 is 2.44. The summed E-state index contributed by atoms with van der Waals surface area (Å²) in [6.45, 7) is 13.5. The molecule has 170 valence electrons. The van der Waals surface area contributed by atoms with Crippen LogP contribution in [0.4, 0.5) is 0 Å². The van der Waals surface area contributed by atoms with Gasteiger partial charge in [-0.15, -0.1) is 0 Å². The van der Waals surface area contributed by atoms with E-state index in [9.17, 15) is 0 Å². The van der Waals surface area contributed by atoms with Crippen LogP contribution in [0.3, 0.4) is 0 Å². The van der Waals surface area contributed by atoms with Crippen LogP contribution in [0.2, 0.25) is 0 Å². The molecule has 2 aliphatic rings. The fourth-order valence-corrected chi connectivity index (χ4v) is 6.24. The van der Waals surface area contributed by atoms with Crippen LogP contribution in [-0.4, -0.2) is 26.2 Å². The Morgan fingerprint density at radius 1 is 0.771 bits per heavy atom. The second-order valence-electron chi connectivity index (χ2n) is 11.1. The number of nitrogens with zero attached hydrogens (tertiary/aromatic N) is 4. The van der Waals surface area contributed by atoms with E-state index < -0.39 is 0 Å². The van der Waals surface area contributed by atoms with Gasteiger partial charge in [0.2, 0.25) is 0 Å². The molecule has 2 aliphatic heterocycles. The summed E-state index contributed by atoms with van der Waals surface area (Å²) in [7, 11) is 0. The van der Waals surface area contributed by atoms with E-state index in [4.69, 9.17) is 15.0 Å². The minimum atomic E-state index is -0.0894. The summed E-state index contributed by atoms with van der Waals surface area (Å²) in [5.74, 6) is 1.90. The number of hydrogen-bond acceptors (Lipinski definition) is 3. The molecule has 0 unspecified atom stereocenters. The van der Waals surface area contributed by atoms with Gasteiger partial charge in [-0.2, -0.15) is 0 Å². The van der Waals surface area contributed by atoms with Crippen LogP contribution in [0.25, 0.3) is 39.4 Å². The highest BCUT2D eigenvalue weighted by Crippen LogP contribution is 2.37. The van der Waals surface area contributed by atoms with Crippen molar-refractivity contribution < 1.29 is 0 Å². The average Bonchev–Trinajstić information content (AvgIpc) is 3.39. The summed E-state index contributed by atoms with van der Waals surface area (Å²) in [5.41, 5.74) is 14.4. The lowest BCUT2D eigenvalue weighted by Crippen LogP contribution is -2.55. The monoisotopic (exact) mass is 454 g/mol. The number of aromatic nitrogens is 4. The number of fused-ring (bicyclic) bond motifs is 5. The molecule has 3 aromatic carbocycles. The maximum atomic E-state index is 5.25. The third-order valence-electron chi connectivity index (χ3n) is 7.65. The molecule has 0 saturated carbocycles. The number of hydrogen-bond donors (Lipinski definition) is 0. The van der Waals surface area contributed by atoms with E-state index in [0.29, 0.717) is 0 Å². The van der Waals surface area contributed by atoms with Crippen LogP contribution in [0.1, 0.15) is 43.4 Å². The van der Waals surface area contributed by atoms with E-state index in [0.717, 1.165) is 34.1 Å². The molecular formula is C30H27BN4. The zero-order valence-electron chi connectivity index (χ0n) is 21.1. The fourth-order valence-electron chi connectivity index (χ4n) is 6.24. The van der Waals surface area contributed by atoms with Gasteiger partial charge in [-0.25, -0.2) is 15.0 Å². The quantitative estimate of drug-likeness (QED) is 0.343. The number of benzene rings is 3. The van der Waals surface area contributed by atoms with Crippen LogP contribution in [0, 0.1) is 20.8 Å². The van der Waals surface area contributed by atoms with E-state index in [2.05, 4.69) is 82.5 Å². The zero-order chi connectivity index (χ0) is 24.2. The van der Waals surface area contributed by atoms with Gasteiger partial charge < -0.3 is 0 Å². The third kappa shape index (κ3) is 2.61. The highest BCUT2D eigenvalue weighted by molar-refractivity contribution is 7.01. The van der Waals surface area contributed by atoms with Crippen LogP contribution in [-0.2, 0) is 5.41 Å². The molecule has 0 saturated heterocycles. The van der Waals surface area contributed by atoms with E-state index in [1.165, 1.54) is 44.3 Å². The summed E-state index contributed by atoms with van der Waals surface area (Å²) in [6.07, 6.45) is 0. The van der Waals surface area contributed by atoms with Crippen molar-refractivity contribution in [3.63, 3.8) is 0 Å². The van der Waals surface area contributed by atoms with Gasteiger partial charge in [0.25, 0.3) is 6.71 Å². The smallest absolute Gasteiger partial charge is 0.253 e. The summed E-state index contributed by atoms with van der Waals surface area (Å²) in [5, 5.41) is 0. The molecule has 5 aromatic rings. The SMILES string of the molecule is Cc1cc(C)c2nc(C(C)(C)C)n3c2c1B1c2c(cccc2-3)-c2nc(-c3ccccc3)nc(C)c21. The average molecular weight is 454 g/mol. The molecule has 0 radical (unpaired) electrons. The summed E-state index contributed by atoms with van der Waals surface area (Å²) in [4.78, 5) is 15.5. The minimum Gasteiger partial charge on any atom is -0.297 e. The van der Waals surface area contributed by atoms with Gasteiger partial charge in [-0.1, -0.05) is 74.9 Å². The zero-order valence-corrected chi connectivity index (χ0v) is 21.1. The van der Waals surface area contributed by atoms with E-state index in [-0.39, 0.29) is 12.1 Å². The predicted molar refractivity (Wildman–Crippen MR) is 145 cm³/mol. The van der Waals surface area contributed by atoms with Crippen LogP contribution in [0.5, 0.6) is 0 Å². The summed E-state index contributed by atoms with van der Waals surface area (Å²) in [6, 6.07) is 19.3. The topological polar surface area (TPSA) is 43.6 Å². The fraction of sp³-hybridized carbons (Fsp3) is 0.233. The maximum absolute atomic E-state index is 5.25. The molecule has 0 fully saturated rings. The van der Waals surface area contributed by atoms with Gasteiger partial charge in [0.15, 0.2) is 5.82 Å². The second-order valence-corrected chi connectivity index (χ2v) is 11.1. The Kier molecular flexibility index (Phi) is 3.94. The molecule has 0 N–H and O–H groups in total. The molecule has 0 atom stereocenters. The highest BCUT2D eigenvalue weighted by atomic mass is 15.1. The van der Waals surface area contributed by atoms with Crippen molar-refractivity contribution in [3.8, 4) is 28.3 Å². The number of aryl methyl sites for hydroxylation is 3. The molecule has 0 spiro atoms. The van der Waals surface area contributed by atoms with Gasteiger partial charge in [0.1, 0.15) is 5.82 Å². The number of imidazole rings is 1. The van der Waals surface area contributed by atoms with Crippen molar-refractivity contribution in [2.75, 3.05) is 0 Å². The maximum Gasteiger partial charge on any atom is 0.253 e. The van der Waals surface area contributed by atoms with Gasteiger partial charge >= 0.3 is 0 Å². The Morgan fingerprint density at radius 3 is 2.29 bits per heavy atom. The third-order valence-corrected chi connectivity index (χ3v) is 7.65. The normalized spacial score (nSPS) is 13.4. The van der Waals surface area contributed by atoms with Crippen LogP contribution in [0.15, 0.2) is 54.6 Å². The molecule has 7 rings (SSSR count). The van der Waals surface area contributed by atoms with Crippen molar-refractivity contribution in [2.24, 2.45) is 0 Å². The highest BCUT2D eigenvalue weighted by Gasteiger charge is 2.45. The Balaban J connectivity index is 1.63. The van der Waals surface area contributed by atoms with E-state index in [1.54, 1.807) is 0 Å². The van der Waals surface area contributed by atoms with Crippen molar-refractivity contribution in [1.82, 2.24) is 19.5 Å². The first-order valence-electron chi connectivity index (χ1n) is 12.4. The first-order valence-corrected chi connectivity index (χ1v) is 12.4. The molecule has 0 amide bonds. The first kappa shape index (κ1) is 20.6. The molecule has 35 heavy (non-hydrogen) atoms. The molecule has 0 aliphatic carbocycles. The molecule has 5 heteroatoms. The predicted octanol–water partition coefficient (Wildman–Crippen LogP) is 4.52. The standard InChI is InChI=1S/C30H27BN4/c1-16-15-17(2)25-27-22(16)31-23-18(3)32-28(19-11-8-7-9-12-19)33-26(23)20-13-10-14-21(24(20)31)35(27)29(34-25)30(4,5)6/h7-15H,1-6H3. The van der Waals surface area contributed by atoms with Crippen molar-refractivity contribution in [2.45, 2.75) is 47.0 Å². The van der Waals surface area contributed by atoms with Crippen molar-refractivity contribution >= 4 is 34.1 Å². The van der Waals surface area contributed by atoms with Crippen molar-refractivity contribution in [3.05, 3.63) is 77.2 Å². The van der Waals surface area contributed by atoms with Gasteiger partial charge in [-0.3, -0.25) is 4.57 Å². The Labute approximate surface area is 206 Å². The largest absolute Gasteiger partial charge is 0.297 e. The summed E-state index contributed by atoms with van der Waals surface area (Å²) >= 11 is 0. The molecule has 4 heterocycles. The molecule has 2 aromatic heterocycles. The van der Waals surface area contributed by atoms with Gasteiger partial charge in [0, 0.05) is 22.4 Å². The van der Waals surface area contributed by atoms with E-state index >= 15 is 0 Å². The lowest BCUT2D eigenvalue weighted by atomic mass is 9.36.